The van der Waals surface area contributed by atoms with Crippen molar-refractivity contribution in [1.29, 1.82) is 0 Å². The zero-order valence-electron chi connectivity index (χ0n) is 12.1. The quantitative estimate of drug-likeness (QED) is 0.839. The summed E-state index contributed by atoms with van der Waals surface area (Å²) < 4.78 is 5.78. The maximum atomic E-state index is 5.78. The van der Waals surface area contributed by atoms with Gasteiger partial charge in [0.1, 0.15) is 11.5 Å². The van der Waals surface area contributed by atoms with Gasteiger partial charge < -0.3 is 9.73 Å². The van der Waals surface area contributed by atoms with Crippen molar-refractivity contribution >= 4 is 0 Å². The SMILES string of the molecule is CCCNC(Cc1cccc(C)c1)c1ccc(C)o1. The zero-order valence-corrected chi connectivity index (χ0v) is 12.1. The summed E-state index contributed by atoms with van der Waals surface area (Å²) in [5.74, 6) is 2.01. The van der Waals surface area contributed by atoms with Crippen molar-refractivity contribution in [2.45, 2.75) is 39.7 Å². The number of hydrogen-bond acceptors (Lipinski definition) is 2. The van der Waals surface area contributed by atoms with Gasteiger partial charge in [0.25, 0.3) is 0 Å². The van der Waals surface area contributed by atoms with Gasteiger partial charge in [-0.25, -0.2) is 0 Å². The monoisotopic (exact) mass is 257 g/mol. The molecule has 1 unspecified atom stereocenters. The van der Waals surface area contributed by atoms with Gasteiger partial charge in [-0.05, 0) is 50.9 Å². The second-order valence-electron chi connectivity index (χ2n) is 5.15. The minimum absolute atomic E-state index is 0.260. The van der Waals surface area contributed by atoms with Crippen molar-refractivity contribution in [1.82, 2.24) is 5.32 Å². The molecule has 2 nitrogen and oxygen atoms in total. The van der Waals surface area contributed by atoms with Gasteiger partial charge in [-0.15, -0.1) is 0 Å². The van der Waals surface area contributed by atoms with Crippen LogP contribution in [-0.2, 0) is 6.42 Å². The summed E-state index contributed by atoms with van der Waals surface area (Å²) in [4.78, 5) is 0. The van der Waals surface area contributed by atoms with Crippen LogP contribution in [0.3, 0.4) is 0 Å². The van der Waals surface area contributed by atoms with Crippen LogP contribution in [-0.4, -0.2) is 6.54 Å². The molecule has 2 aromatic rings. The molecule has 0 aliphatic heterocycles. The highest BCUT2D eigenvalue weighted by Gasteiger charge is 2.15. The van der Waals surface area contributed by atoms with E-state index < -0.39 is 0 Å². The number of hydrogen-bond donors (Lipinski definition) is 1. The maximum absolute atomic E-state index is 5.78. The first-order chi connectivity index (χ1) is 9.19. The van der Waals surface area contributed by atoms with Crippen LogP contribution >= 0.6 is 0 Å². The van der Waals surface area contributed by atoms with Gasteiger partial charge in [0.15, 0.2) is 0 Å². The average Bonchev–Trinajstić information content (AvgIpc) is 2.81. The van der Waals surface area contributed by atoms with Gasteiger partial charge in [-0.3, -0.25) is 0 Å². The smallest absolute Gasteiger partial charge is 0.121 e. The molecule has 0 aliphatic rings. The molecule has 0 saturated heterocycles. The van der Waals surface area contributed by atoms with Crippen LogP contribution in [0.4, 0.5) is 0 Å². The molecule has 0 spiro atoms. The van der Waals surface area contributed by atoms with E-state index >= 15 is 0 Å². The Kier molecular flexibility index (Phi) is 4.80. The molecule has 0 fully saturated rings. The Hall–Kier alpha value is -1.54. The van der Waals surface area contributed by atoms with Crippen LogP contribution in [0.25, 0.3) is 0 Å². The van der Waals surface area contributed by atoms with Crippen molar-refractivity contribution in [2.24, 2.45) is 0 Å². The van der Waals surface area contributed by atoms with Crippen LogP contribution in [0.15, 0.2) is 40.8 Å². The van der Waals surface area contributed by atoms with E-state index in [-0.39, 0.29) is 6.04 Å². The minimum atomic E-state index is 0.260. The predicted octanol–water partition coefficient (Wildman–Crippen LogP) is 4.18. The highest BCUT2D eigenvalue weighted by atomic mass is 16.3. The topological polar surface area (TPSA) is 25.2 Å². The van der Waals surface area contributed by atoms with Gasteiger partial charge in [0, 0.05) is 0 Å². The fourth-order valence-corrected chi connectivity index (χ4v) is 2.31. The first kappa shape index (κ1) is 13.9. The van der Waals surface area contributed by atoms with Crippen LogP contribution in [0.2, 0.25) is 0 Å². The minimum Gasteiger partial charge on any atom is -0.465 e. The van der Waals surface area contributed by atoms with E-state index in [0.717, 1.165) is 30.9 Å². The summed E-state index contributed by atoms with van der Waals surface area (Å²) in [6, 6.07) is 13.1. The molecule has 1 aromatic heterocycles. The van der Waals surface area contributed by atoms with E-state index in [0.29, 0.717) is 0 Å². The fourth-order valence-electron chi connectivity index (χ4n) is 2.31. The van der Waals surface area contributed by atoms with E-state index in [2.05, 4.69) is 49.5 Å². The lowest BCUT2D eigenvalue weighted by molar-refractivity contribution is 0.398. The van der Waals surface area contributed by atoms with Crippen LogP contribution in [0.5, 0.6) is 0 Å². The third kappa shape index (κ3) is 3.97. The lowest BCUT2D eigenvalue weighted by Gasteiger charge is -2.16. The molecule has 2 heteroatoms. The molecule has 2 rings (SSSR count). The van der Waals surface area contributed by atoms with Gasteiger partial charge in [0.2, 0.25) is 0 Å². The summed E-state index contributed by atoms with van der Waals surface area (Å²) in [7, 11) is 0. The molecular weight excluding hydrogens is 234 g/mol. The molecule has 0 aliphatic carbocycles. The van der Waals surface area contributed by atoms with E-state index in [4.69, 9.17) is 4.42 Å². The van der Waals surface area contributed by atoms with Crippen molar-refractivity contribution in [2.75, 3.05) is 6.54 Å². The molecule has 0 bridgehead atoms. The first-order valence-electron chi connectivity index (χ1n) is 7.04. The molecule has 102 valence electrons. The Morgan fingerprint density at radius 3 is 2.63 bits per heavy atom. The van der Waals surface area contributed by atoms with Crippen molar-refractivity contribution < 1.29 is 4.42 Å². The average molecular weight is 257 g/mol. The molecule has 1 N–H and O–H groups in total. The number of furan rings is 1. The molecular formula is C17H23NO. The Morgan fingerprint density at radius 2 is 2.00 bits per heavy atom. The molecule has 1 heterocycles. The van der Waals surface area contributed by atoms with Gasteiger partial charge >= 0.3 is 0 Å². The van der Waals surface area contributed by atoms with Gasteiger partial charge in [-0.2, -0.15) is 0 Å². The highest BCUT2D eigenvalue weighted by Crippen LogP contribution is 2.21. The van der Waals surface area contributed by atoms with Gasteiger partial charge in [0.05, 0.1) is 6.04 Å². The molecule has 19 heavy (non-hydrogen) atoms. The molecule has 0 amide bonds. The van der Waals surface area contributed by atoms with Crippen molar-refractivity contribution in [3.8, 4) is 0 Å². The Bertz CT molecular complexity index is 515. The molecule has 1 atom stereocenters. The summed E-state index contributed by atoms with van der Waals surface area (Å²) in [5.41, 5.74) is 2.66. The lowest BCUT2D eigenvalue weighted by Crippen LogP contribution is -2.23. The summed E-state index contributed by atoms with van der Waals surface area (Å²) in [5, 5.41) is 3.57. The normalized spacial score (nSPS) is 12.6. The predicted molar refractivity (Wildman–Crippen MR) is 79.4 cm³/mol. The summed E-state index contributed by atoms with van der Waals surface area (Å²) >= 11 is 0. The maximum Gasteiger partial charge on any atom is 0.121 e. The second-order valence-corrected chi connectivity index (χ2v) is 5.15. The van der Waals surface area contributed by atoms with E-state index in [9.17, 15) is 0 Å². The first-order valence-corrected chi connectivity index (χ1v) is 7.04. The third-order valence-electron chi connectivity index (χ3n) is 3.27. The number of rotatable bonds is 6. The zero-order chi connectivity index (χ0) is 13.7. The van der Waals surface area contributed by atoms with Crippen LogP contribution in [0.1, 0.15) is 42.0 Å². The summed E-state index contributed by atoms with van der Waals surface area (Å²) in [6.07, 6.45) is 2.10. The van der Waals surface area contributed by atoms with Crippen LogP contribution in [0, 0.1) is 13.8 Å². The van der Waals surface area contributed by atoms with Crippen molar-refractivity contribution in [3.63, 3.8) is 0 Å². The summed E-state index contributed by atoms with van der Waals surface area (Å²) in [6.45, 7) is 7.32. The lowest BCUT2D eigenvalue weighted by atomic mass is 10.0. The fraction of sp³-hybridized carbons (Fsp3) is 0.412. The Morgan fingerprint density at radius 1 is 1.16 bits per heavy atom. The second kappa shape index (κ2) is 6.58. The van der Waals surface area contributed by atoms with E-state index in [1.807, 2.05) is 13.0 Å². The number of nitrogens with one attached hydrogen (secondary N) is 1. The Labute approximate surface area is 115 Å². The van der Waals surface area contributed by atoms with Crippen LogP contribution < -0.4 is 5.32 Å². The molecule has 1 aromatic carbocycles. The Balaban J connectivity index is 2.13. The molecule has 0 radical (unpaired) electrons. The largest absolute Gasteiger partial charge is 0.465 e. The van der Waals surface area contributed by atoms with Crippen molar-refractivity contribution in [3.05, 3.63) is 59.0 Å². The number of aryl methyl sites for hydroxylation is 2. The van der Waals surface area contributed by atoms with Gasteiger partial charge in [-0.1, -0.05) is 36.8 Å². The van der Waals surface area contributed by atoms with E-state index in [1.54, 1.807) is 0 Å². The number of benzene rings is 1. The van der Waals surface area contributed by atoms with E-state index in [1.165, 1.54) is 11.1 Å². The highest BCUT2D eigenvalue weighted by molar-refractivity contribution is 5.24. The third-order valence-corrected chi connectivity index (χ3v) is 3.27. The standard InChI is InChI=1S/C17H23NO/c1-4-10-18-16(17-9-8-14(3)19-17)12-15-7-5-6-13(2)11-15/h5-9,11,16,18H,4,10,12H2,1-3H3. The molecule has 0 saturated carbocycles.